The van der Waals surface area contributed by atoms with Gasteiger partial charge in [0.05, 0.1) is 0 Å². The van der Waals surface area contributed by atoms with Gasteiger partial charge in [-0.05, 0) is 24.6 Å². The monoisotopic (exact) mass is 222 g/mol. The number of nitrogens with two attached hydrogens (primary N) is 1. The summed E-state index contributed by atoms with van der Waals surface area (Å²) in [7, 11) is 0. The van der Waals surface area contributed by atoms with E-state index in [9.17, 15) is 8.78 Å². The molecule has 0 saturated heterocycles. The lowest BCUT2D eigenvalue weighted by Gasteiger charge is -2.07. The van der Waals surface area contributed by atoms with Crippen molar-refractivity contribution in [2.24, 2.45) is 10.7 Å². The average Bonchev–Trinajstić information content (AvgIpc) is 2.66. The molecule has 1 aromatic carbocycles. The van der Waals surface area contributed by atoms with Crippen LogP contribution in [0.3, 0.4) is 0 Å². The average molecular weight is 222 g/mol. The zero-order valence-corrected chi connectivity index (χ0v) is 8.87. The zero-order valence-electron chi connectivity index (χ0n) is 8.87. The molecule has 1 heterocycles. The van der Waals surface area contributed by atoms with Gasteiger partial charge in [0.15, 0.2) is 0 Å². The summed E-state index contributed by atoms with van der Waals surface area (Å²) in [6.45, 7) is 1.83. The van der Waals surface area contributed by atoms with Gasteiger partial charge in [-0.25, -0.2) is 8.78 Å². The van der Waals surface area contributed by atoms with E-state index >= 15 is 0 Å². The van der Waals surface area contributed by atoms with Crippen molar-refractivity contribution in [1.82, 2.24) is 0 Å². The summed E-state index contributed by atoms with van der Waals surface area (Å²) in [5.74, 6) is -1.14. The Bertz CT molecular complexity index is 476. The third-order valence-electron chi connectivity index (χ3n) is 2.56. The van der Waals surface area contributed by atoms with Crippen LogP contribution in [0.15, 0.2) is 29.4 Å². The SMILES string of the molecule is C[C@H](N)C1=NC=C(c2ccc(F)cc2F)C1. The smallest absolute Gasteiger partial charge is 0.133 e. The Kier molecular flexibility index (Phi) is 2.83. The van der Waals surface area contributed by atoms with Crippen molar-refractivity contribution < 1.29 is 8.78 Å². The molecule has 4 heteroatoms. The lowest BCUT2D eigenvalue weighted by molar-refractivity contribution is 0.581. The van der Waals surface area contributed by atoms with Gasteiger partial charge in [-0.15, -0.1) is 0 Å². The molecule has 1 aliphatic rings. The van der Waals surface area contributed by atoms with Crippen molar-refractivity contribution in [2.45, 2.75) is 19.4 Å². The predicted molar refractivity (Wildman–Crippen MR) is 60.0 cm³/mol. The highest BCUT2D eigenvalue weighted by Crippen LogP contribution is 2.26. The van der Waals surface area contributed by atoms with Gasteiger partial charge in [-0.3, -0.25) is 4.99 Å². The standard InChI is InChI=1S/C12H12F2N2/c1-7(15)12-4-8(6-16-12)10-3-2-9(13)5-11(10)14/h2-3,5-7H,4,15H2,1H3/t7-/m0/s1. The largest absolute Gasteiger partial charge is 0.323 e. The van der Waals surface area contributed by atoms with Gasteiger partial charge >= 0.3 is 0 Å². The van der Waals surface area contributed by atoms with Crippen LogP contribution in [0.25, 0.3) is 5.57 Å². The Morgan fingerprint density at radius 1 is 1.38 bits per heavy atom. The Hall–Kier alpha value is -1.55. The predicted octanol–water partition coefficient (Wildman–Crippen LogP) is 2.50. The topological polar surface area (TPSA) is 38.4 Å². The number of allylic oxidation sites excluding steroid dienone is 1. The van der Waals surface area contributed by atoms with Crippen LogP contribution in [0.2, 0.25) is 0 Å². The molecule has 2 N–H and O–H groups in total. The van der Waals surface area contributed by atoms with Gasteiger partial charge in [0.2, 0.25) is 0 Å². The molecule has 0 spiro atoms. The molecule has 0 aliphatic carbocycles. The van der Waals surface area contributed by atoms with E-state index in [0.29, 0.717) is 12.0 Å². The van der Waals surface area contributed by atoms with Gasteiger partial charge in [0, 0.05) is 36.0 Å². The van der Waals surface area contributed by atoms with Gasteiger partial charge in [-0.1, -0.05) is 0 Å². The van der Waals surface area contributed by atoms with E-state index in [2.05, 4.69) is 4.99 Å². The molecule has 1 aromatic rings. The number of aliphatic imine (C=N–C) groups is 1. The highest BCUT2D eigenvalue weighted by molar-refractivity contribution is 6.01. The lowest BCUT2D eigenvalue weighted by atomic mass is 10.0. The molecule has 0 radical (unpaired) electrons. The number of benzene rings is 1. The van der Waals surface area contributed by atoms with Crippen molar-refractivity contribution in [3.8, 4) is 0 Å². The molecule has 0 unspecified atom stereocenters. The molecule has 1 atom stereocenters. The first-order chi connectivity index (χ1) is 7.58. The van der Waals surface area contributed by atoms with Crippen LogP contribution < -0.4 is 5.73 Å². The molecule has 0 saturated carbocycles. The molecule has 0 aromatic heterocycles. The summed E-state index contributed by atoms with van der Waals surface area (Å²) in [6, 6.07) is 3.40. The van der Waals surface area contributed by atoms with Gasteiger partial charge in [0.25, 0.3) is 0 Å². The fourth-order valence-corrected chi connectivity index (χ4v) is 1.64. The molecule has 2 nitrogen and oxygen atoms in total. The van der Waals surface area contributed by atoms with E-state index in [0.717, 1.165) is 17.4 Å². The summed E-state index contributed by atoms with van der Waals surface area (Å²) >= 11 is 0. The Morgan fingerprint density at radius 3 is 2.69 bits per heavy atom. The van der Waals surface area contributed by atoms with Gasteiger partial charge in [0.1, 0.15) is 11.6 Å². The van der Waals surface area contributed by atoms with Crippen molar-refractivity contribution in [3.63, 3.8) is 0 Å². The Morgan fingerprint density at radius 2 is 2.12 bits per heavy atom. The minimum absolute atomic E-state index is 0.141. The van der Waals surface area contributed by atoms with Crippen LogP contribution in [0.4, 0.5) is 8.78 Å². The summed E-state index contributed by atoms with van der Waals surface area (Å²) in [4.78, 5) is 4.13. The first kappa shape index (κ1) is 11.0. The lowest BCUT2D eigenvalue weighted by Crippen LogP contribution is -2.25. The molecular weight excluding hydrogens is 210 g/mol. The number of hydrogen-bond donors (Lipinski definition) is 1. The van der Waals surface area contributed by atoms with E-state index in [1.165, 1.54) is 12.1 Å². The molecule has 1 aliphatic heterocycles. The number of hydrogen-bond acceptors (Lipinski definition) is 2. The molecule has 0 fully saturated rings. The summed E-state index contributed by atoms with van der Waals surface area (Å²) in [6.07, 6.45) is 2.12. The molecule has 84 valence electrons. The second-order valence-electron chi connectivity index (χ2n) is 3.86. The summed E-state index contributed by atoms with van der Waals surface area (Å²) < 4.78 is 26.2. The van der Waals surface area contributed by atoms with E-state index in [-0.39, 0.29) is 6.04 Å². The van der Waals surface area contributed by atoms with Crippen LogP contribution in [0.1, 0.15) is 18.9 Å². The van der Waals surface area contributed by atoms with Crippen LogP contribution >= 0.6 is 0 Å². The molecule has 2 rings (SSSR count). The highest BCUT2D eigenvalue weighted by atomic mass is 19.1. The molecule has 0 amide bonds. The molecular formula is C12H12F2N2. The van der Waals surface area contributed by atoms with Crippen LogP contribution in [0.5, 0.6) is 0 Å². The van der Waals surface area contributed by atoms with Gasteiger partial charge in [-0.2, -0.15) is 0 Å². The van der Waals surface area contributed by atoms with Crippen molar-refractivity contribution in [1.29, 1.82) is 0 Å². The van der Waals surface area contributed by atoms with Crippen LogP contribution in [0, 0.1) is 11.6 Å². The van der Waals surface area contributed by atoms with Crippen molar-refractivity contribution in [3.05, 3.63) is 41.6 Å². The second kappa shape index (κ2) is 4.14. The minimum atomic E-state index is -0.576. The fraction of sp³-hybridized carbons (Fsp3) is 0.250. The van der Waals surface area contributed by atoms with Crippen LogP contribution in [-0.4, -0.2) is 11.8 Å². The quantitative estimate of drug-likeness (QED) is 0.820. The second-order valence-corrected chi connectivity index (χ2v) is 3.86. The van der Waals surface area contributed by atoms with Crippen molar-refractivity contribution >= 4 is 11.3 Å². The maximum Gasteiger partial charge on any atom is 0.133 e. The first-order valence-corrected chi connectivity index (χ1v) is 5.04. The normalized spacial score (nSPS) is 17.0. The first-order valence-electron chi connectivity index (χ1n) is 5.04. The maximum absolute atomic E-state index is 13.5. The fourth-order valence-electron chi connectivity index (χ4n) is 1.64. The minimum Gasteiger partial charge on any atom is -0.323 e. The maximum atomic E-state index is 13.5. The summed E-state index contributed by atoms with van der Waals surface area (Å²) in [5, 5.41) is 0. The third-order valence-corrected chi connectivity index (χ3v) is 2.56. The Balaban J connectivity index is 2.23. The summed E-state index contributed by atoms with van der Waals surface area (Å²) in [5.41, 5.74) is 7.63. The molecule has 16 heavy (non-hydrogen) atoms. The number of nitrogens with zero attached hydrogens (tertiary/aromatic N) is 1. The molecule has 0 bridgehead atoms. The van der Waals surface area contributed by atoms with Crippen LogP contribution in [-0.2, 0) is 0 Å². The van der Waals surface area contributed by atoms with E-state index in [1.54, 1.807) is 6.20 Å². The Labute approximate surface area is 92.5 Å². The van der Waals surface area contributed by atoms with Crippen molar-refractivity contribution in [2.75, 3.05) is 0 Å². The zero-order chi connectivity index (χ0) is 11.7. The number of rotatable bonds is 2. The van der Waals surface area contributed by atoms with Gasteiger partial charge < -0.3 is 5.73 Å². The van der Waals surface area contributed by atoms with E-state index in [1.807, 2.05) is 6.92 Å². The third kappa shape index (κ3) is 2.02. The number of halogens is 2. The van der Waals surface area contributed by atoms with E-state index < -0.39 is 11.6 Å². The van der Waals surface area contributed by atoms with E-state index in [4.69, 9.17) is 5.73 Å². The highest BCUT2D eigenvalue weighted by Gasteiger charge is 2.17.